The molecule has 1 aromatic carbocycles. The predicted molar refractivity (Wildman–Crippen MR) is 83.5 cm³/mol. The summed E-state index contributed by atoms with van der Waals surface area (Å²) in [6.07, 6.45) is 8.21. The van der Waals surface area contributed by atoms with Gasteiger partial charge in [-0.2, -0.15) is 0 Å². The first-order chi connectivity index (χ1) is 8.65. The highest BCUT2D eigenvalue weighted by atomic mass is 79.9. The lowest BCUT2D eigenvalue weighted by atomic mass is 9.91. The number of hydrogen-bond acceptors (Lipinski definition) is 0. The monoisotopic (exact) mass is 308 g/mol. The summed E-state index contributed by atoms with van der Waals surface area (Å²) in [5.41, 5.74) is 2.98. The Morgan fingerprint density at radius 3 is 2.44 bits per heavy atom. The fraction of sp³-hybridized carbons (Fsp3) is 0.647. The van der Waals surface area contributed by atoms with Gasteiger partial charge in [0.2, 0.25) is 0 Å². The summed E-state index contributed by atoms with van der Waals surface area (Å²) in [6.45, 7) is 4.52. The van der Waals surface area contributed by atoms with E-state index >= 15 is 0 Å². The van der Waals surface area contributed by atoms with Crippen molar-refractivity contribution >= 4 is 15.9 Å². The van der Waals surface area contributed by atoms with Gasteiger partial charge in [0.15, 0.2) is 0 Å². The molecule has 1 aliphatic rings. The maximum atomic E-state index is 3.82. The van der Waals surface area contributed by atoms with Crippen LogP contribution in [0.3, 0.4) is 0 Å². The van der Waals surface area contributed by atoms with Gasteiger partial charge in [0, 0.05) is 4.83 Å². The highest BCUT2D eigenvalue weighted by molar-refractivity contribution is 9.09. The molecule has 1 aliphatic carbocycles. The van der Waals surface area contributed by atoms with Crippen LogP contribution in [0, 0.1) is 5.92 Å². The Morgan fingerprint density at radius 2 is 1.78 bits per heavy atom. The molecule has 0 saturated heterocycles. The molecule has 100 valence electrons. The molecule has 2 unspecified atom stereocenters. The lowest BCUT2D eigenvalue weighted by Crippen LogP contribution is -2.08. The summed E-state index contributed by atoms with van der Waals surface area (Å²) in [5.74, 6) is 1.52. The van der Waals surface area contributed by atoms with Gasteiger partial charge in [-0.1, -0.05) is 73.3 Å². The van der Waals surface area contributed by atoms with Crippen LogP contribution in [0.15, 0.2) is 24.3 Å². The quantitative estimate of drug-likeness (QED) is 0.496. The third-order valence-electron chi connectivity index (χ3n) is 4.14. The predicted octanol–water partition coefficient (Wildman–Crippen LogP) is 5.70. The molecule has 0 amide bonds. The van der Waals surface area contributed by atoms with Crippen molar-refractivity contribution in [2.24, 2.45) is 5.92 Å². The summed E-state index contributed by atoms with van der Waals surface area (Å²) >= 11 is 3.82. The fourth-order valence-corrected chi connectivity index (χ4v) is 3.81. The van der Waals surface area contributed by atoms with E-state index in [-0.39, 0.29) is 0 Å². The molecule has 1 saturated carbocycles. The van der Waals surface area contributed by atoms with Crippen molar-refractivity contribution in [3.8, 4) is 0 Å². The van der Waals surface area contributed by atoms with Gasteiger partial charge in [-0.05, 0) is 42.2 Å². The van der Waals surface area contributed by atoms with Gasteiger partial charge in [-0.25, -0.2) is 0 Å². The Hall–Kier alpha value is -0.300. The van der Waals surface area contributed by atoms with E-state index in [1.165, 1.54) is 49.7 Å². The van der Waals surface area contributed by atoms with Crippen LogP contribution in [-0.2, 0) is 6.42 Å². The van der Waals surface area contributed by atoms with Crippen LogP contribution in [-0.4, -0.2) is 4.83 Å². The molecule has 0 radical (unpaired) electrons. The van der Waals surface area contributed by atoms with Gasteiger partial charge in [0.1, 0.15) is 0 Å². The Balaban J connectivity index is 1.95. The molecular formula is C17H25Br. The van der Waals surface area contributed by atoms with E-state index in [2.05, 4.69) is 54.0 Å². The van der Waals surface area contributed by atoms with E-state index in [4.69, 9.17) is 0 Å². The second-order valence-electron chi connectivity index (χ2n) is 6.08. The van der Waals surface area contributed by atoms with Crippen molar-refractivity contribution in [3.05, 3.63) is 35.4 Å². The van der Waals surface area contributed by atoms with Crippen molar-refractivity contribution in [3.63, 3.8) is 0 Å². The van der Waals surface area contributed by atoms with Crippen molar-refractivity contribution in [2.75, 3.05) is 0 Å². The maximum Gasteiger partial charge on any atom is 0.0148 e. The molecule has 1 aromatic rings. The zero-order valence-electron chi connectivity index (χ0n) is 11.7. The first kappa shape index (κ1) is 14.1. The molecule has 18 heavy (non-hydrogen) atoms. The molecule has 2 atom stereocenters. The minimum absolute atomic E-state index is 0.642. The summed E-state index contributed by atoms with van der Waals surface area (Å²) in [6, 6.07) is 9.29. The second kappa shape index (κ2) is 6.75. The Morgan fingerprint density at radius 1 is 1.11 bits per heavy atom. The first-order valence-electron chi connectivity index (χ1n) is 7.38. The molecule has 0 aromatic heterocycles. The molecule has 0 N–H and O–H groups in total. The second-order valence-corrected chi connectivity index (χ2v) is 7.38. The number of rotatable bonds is 3. The van der Waals surface area contributed by atoms with E-state index in [9.17, 15) is 0 Å². The minimum atomic E-state index is 0.642. The van der Waals surface area contributed by atoms with Gasteiger partial charge in [-0.3, -0.25) is 0 Å². The van der Waals surface area contributed by atoms with Gasteiger partial charge in [0.05, 0.1) is 0 Å². The van der Waals surface area contributed by atoms with E-state index in [0.29, 0.717) is 5.92 Å². The smallest absolute Gasteiger partial charge is 0.0148 e. The summed E-state index contributed by atoms with van der Waals surface area (Å²) in [5, 5.41) is 0. The minimum Gasteiger partial charge on any atom is -0.0891 e. The Bertz CT molecular complexity index is 352. The number of alkyl halides is 1. The van der Waals surface area contributed by atoms with Crippen molar-refractivity contribution in [2.45, 2.75) is 63.1 Å². The average molecular weight is 309 g/mol. The molecule has 2 rings (SSSR count). The average Bonchev–Trinajstić information content (AvgIpc) is 2.54. The molecule has 0 nitrogen and oxygen atoms in total. The SMILES string of the molecule is CC(C)c1ccc(CC2CCCCC(Br)C2)cc1. The number of hydrogen-bond donors (Lipinski definition) is 0. The Labute approximate surface area is 120 Å². The largest absolute Gasteiger partial charge is 0.0891 e. The van der Waals surface area contributed by atoms with Crippen molar-refractivity contribution in [1.29, 1.82) is 0 Å². The maximum absolute atomic E-state index is 3.82. The third-order valence-corrected chi connectivity index (χ3v) is 4.97. The van der Waals surface area contributed by atoms with Crippen LogP contribution in [0.2, 0.25) is 0 Å². The first-order valence-corrected chi connectivity index (χ1v) is 8.29. The zero-order chi connectivity index (χ0) is 13.0. The van der Waals surface area contributed by atoms with E-state index < -0.39 is 0 Å². The lowest BCUT2D eigenvalue weighted by Gasteiger charge is -2.16. The van der Waals surface area contributed by atoms with Crippen LogP contribution in [0.4, 0.5) is 0 Å². The van der Waals surface area contributed by atoms with E-state index in [1.807, 2.05) is 0 Å². The van der Waals surface area contributed by atoms with Gasteiger partial charge in [0.25, 0.3) is 0 Å². The topological polar surface area (TPSA) is 0 Å². The summed E-state index contributed by atoms with van der Waals surface area (Å²) in [4.78, 5) is 0.750. The number of benzene rings is 1. The third kappa shape index (κ3) is 4.12. The van der Waals surface area contributed by atoms with Gasteiger partial charge in [-0.15, -0.1) is 0 Å². The van der Waals surface area contributed by atoms with E-state index in [0.717, 1.165) is 10.7 Å². The van der Waals surface area contributed by atoms with Crippen LogP contribution in [0.1, 0.15) is 63.0 Å². The molecule has 1 heteroatoms. The van der Waals surface area contributed by atoms with Crippen molar-refractivity contribution < 1.29 is 0 Å². The van der Waals surface area contributed by atoms with Crippen LogP contribution >= 0.6 is 15.9 Å². The Kier molecular flexibility index (Phi) is 5.29. The molecule has 0 aliphatic heterocycles. The van der Waals surface area contributed by atoms with Crippen LogP contribution < -0.4 is 0 Å². The highest BCUT2D eigenvalue weighted by Gasteiger charge is 2.18. The van der Waals surface area contributed by atoms with Crippen LogP contribution in [0.5, 0.6) is 0 Å². The fourth-order valence-electron chi connectivity index (χ4n) is 2.95. The number of halogens is 1. The van der Waals surface area contributed by atoms with Gasteiger partial charge >= 0.3 is 0 Å². The van der Waals surface area contributed by atoms with Gasteiger partial charge < -0.3 is 0 Å². The van der Waals surface area contributed by atoms with Crippen molar-refractivity contribution in [1.82, 2.24) is 0 Å². The molecular weight excluding hydrogens is 284 g/mol. The normalized spacial score (nSPS) is 25.1. The molecule has 0 spiro atoms. The van der Waals surface area contributed by atoms with E-state index in [1.54, 1.807) is 0 Å². The summed E-state index contributed by atoms with van der Waals surface area (Å²) < 4.78 is 0. The molecule has 0 heterocycles. The van der Waals surface area contributed by atoms with Crippen LogP contribution in [0.25, 0.3) is 0 Å². The highest BCUT2D eigenvalue weighted by Crippen LogP contribution is 2.30. The molecule has 0 bridgehead atoms. The zero-order valence-corrected chi connectivity index (χ0v) is 13.2. The lowest BCUT2D eigenvalue weighted by molar-refractivity contribution is 0.463. The molecule has 1 fully saturated rings. The summed E-state index contributed by atoms with van der Waals surface area (Å²) in [7, 11) is 0. The standard InChI is InChI=1S/C17H25Br/c1-13(2)16-9-7-14(8-10-16)11-15-5-3-4-6-17(18)12-15/h7-10,13,15,17H,3-6,11-12H2,1-2H3.